The Kier molecular flexibility index (Phi) is 14.4. The number of ether oxygens (including phenoxy) is 1. The Balaban J connectivity index is 1.85. The molecule has 0 aromatic carbocycles. The molecule has 0 bridgehead atoms. The van der Waals surface area contributed by atoms with Gasteiger partial charge in [0.1, 0.15) is 12.1 Å². The highest BCUT2D eigenvalue weighted by molar-refractivity contribution is 5.78. The smallest absolute Gasteiger partial charge is 0.184 e. The van der Waals surface area contributed by atoms with Crippen LogP contribution in [0.2, 0.25) is 0 Å². The summed E-state index contributed by atoms with van der Waals surface area (Å²) in [5, 5.41) is 18.6. The summed E-state index contributed by atoms with van der Waals surface area (Å²) >= 11 is 0. The van der Waals surface area contributed by atoms with Crippen molar-refractivity contribution in [2.75, 3.05) is 19.8 Å². The first-order valence-electron chi connectivity index (χ1n) is 11.3. The standard InChI is InChI=1S/C23H43NO3/c1-2-3-4-5-6-7-8-9-10-11-12-13-14-15-16-17-18-22-24-23(19-25,20-26)21-27-22/h9-10,25-26H,2-8,11-21H2,1H3. The minimum atomic E-state index is -0.794. The van der Waals surface area contributed by atoms with E-state index in [1.165, 1.54) is 83.5 Å². The van der Waals surface area contributed by atoms with Crippen LogP contribution in [0.25, 0.3) is 0 Å². The molecule has 0 saturated carbocycles. The maximum Gasteiger partial charge on any atom is 0.184 e. The summed E-state index contributed by atoms with van der Waals surface area (Å²) in [6, 6.07) is 0. The molecule has 1 rings (SSSR count). The summed E-state index contributed by atoms with van der Waals surface area (Å²) in [4.78, 5) is 4.35. The lowest BCUT2D eigenvalue weighted by atomic mass is 10.1. The monoisotopic (exact) mass is 381 g/mol. The van der Waals surface area contributed by atoms with Crippen molar-refractivity contribution in [2.45, 2.75) is 109 Å². The third-order valence-electron chi connectivity index (χ3n) is 5.36. The van der Waals surface area contributed by atoms with Crippen molar-refractivity contribution in [2.24, 2.45) is 4.99 Å². The third kappa shape index (κ3) is 11.5. The molecule has 1 aliphatic heterocycles. The Hall–Kier alpha value is -0.870. The molecule has 0 aromatic rings. The molecule has 0 amide bonds. The second-order valence-corrected chi connectivity index (χ2v) is 8.02. The molecule has 158 valence electrons. The van der Waals surface area contributed by atoms with Crippen LogP contribution in [0.4, 0.5) is 0 Å². The number of rotatable bonds is 18. The maximum atomic E-state index is 9.29. The van der Waals surface area contributed by atoms with Crippen molar-refractivity contribution in [3.8, 4) is 0 Å². The van der Waals surface area contributed by atoms with Gasteiger partial charge in [-0.15, -0.1) is 0 Å². The maximum absolute atomic E-state index is 9.29. The molecule has 4 nitrogen and oxygen atoms in total. The van der Waals surface area contributed by atoms with Crippen molar-refractivity contribution in [1.29, 1.82) is 0 Å². The molecular formula is C23H43NO3. The van der Waals surface area contributed by atoms with E-state index in [9.17, 15) is 10.2 Å². The molecule has 0 aliphatic carbocycles. The van der Waals surface area contributed by atoms with E-state index in [-0.39, 0.29) is 13.2 Å². The molecule has 0 spiro atoms. The Morgan fingerprint density at radius 2 is 1.33 bits per heavy atom. The van der Waals surface area contributed by atoms with Gasteiger partial charge >= 0.3 is 0 Å². The highest BCUT2D eigenvalue weighted by atomic mass is 16.5. The van der Waals surface area contributed by atoms with Gasteiger partial charge in [-0.2, -0.15) is 0 Å². The fourth-order valence-electron chi connectivity index (χ4n) is 3.41. The Bertz CT molecular complexity index is 402. The van der Waals surface area contributed by atoms with Gasteiger partial charge < -0.3 is 14.9 Å². The molecule has 0 atom stereocenters. The first-order valence-corrected chi connectivity index (χ1v) is 11.3. The topological polar surface area (TPSA) is 62.1 Å². The SMILES string of the molecule is CCCCCCCCC=CCCCCCCCCC1=NC(CO)(CO)CO1. The van der Waals surface area contributed by atoms with E-state index in [1.54, 1.807) is 0 Å². The highest BCUT2D eigenvalue weighted by Gasteiger charge is 2.35. The molecule has 2 N–H and O–H groups in total. The minimum absolute atomic E-state index is 0.152. The molecule has 27 heavy (non-hydrogen) atoms. The zero-order valence-corrected chi connectivity index (χ0v) is 17.6. The molecule has 0 radical (unpaired) electrons. The average molecular weight is 382 g/mol. The van der Waals surface area contributed by atoms with Crippen molar-refractivity contribution in [1.82, 2.24) is 0 Å². The molecule has 1 heterocycles. The van der Waals surface area contributed by atoms with E-state index in [0.29, 0.717) is 12.5 Å². The van der Waals surface area contributed by atoms with Crippen LogP contribution < -0.4 is 0 Å². The zero-order chi connectivity index (χ0) is 19.6. The normalized spacial score (nSPS) is 16.0. The lowest BCUT2D eigenvalue weighted by Crippen LogP contribution is -2.37. The first-order chi connectivity index (χ1) is 13.3. The number of allylic oxidation sites excluding steroid dienone is 2. The lowest BCUT2D eigenvalue weighted by molar-refractivity contribution is 0.0972. The molecule has 1 aliphatic rings. The van der Waals surface area contributed by atoms with Gasteiger partial charge in [-0.3, -0.25) is 0 Å². The van der Waals surface area contributed by atoms with Crippen LogP contribution in [0.15, 0.2) is 17.1 Å². The van der Waals surface area contributed by atoms with Crippen molar-refractivity contribution in [3.05, 3.63) is 12.2 Å². The van der Waals surface area contributed by atoms with E-state index in [1.807, 2.05) is 0 Å². The summed E-state index contributed by atoms with van der Waals surface area (Å²) in [7, 11) is 0. The molecule has 4 heteroatoms. The van der Waals surface area contributed by atoms with Crippen LogP contribution in [0.3, 0.4) is 0 Å². The van der Waals surface area contributed by atoms with Crippen LogP contribution in [0.5, 0.6) is 0 Å². The van der Waals surface area contributed by atoms with Crippen molar-refractivity contribution in [3.63, 3.8) is 0 Å². The summed E-state index contributed by atoms with van der Waals surface area (Å²) in [5.74, 6) is 0.702. The fourth-order valence-corrected chi connectivity index (χ4v) is 3.41. The van der Waals surface area contributed by atoms with E-state index in [0.717, 1.165) is 12.8 Å². The molecule has 0 unspecified atom stereocenters. The average Bonchev–Trinajstić information content (AvgIpc) is 3.12. The predicted octanol–water partition coefficient (Wildman–Crippen LogP) is 5.57. The minimum Gasteiger partial charge on any atom is -0.478 e. The van der Waals surface area contributed by atoms with Gasteiger partial charge in [0.05, 0.1) is 13.2 Å². The molecule has 0 saturated heterocycles. The van der Waals surface area contributed by atoms with E-state index >= 15 is 0 Å². The number of hydrogen-bond donors (Lipinski definition) is 2. The second kappa shape index (κ2) is 16.1. The van der Waals surface area contributed by atoms with Gasteiger partial charge in [0.2, 0.25) is 0 Å². The summed E-state index contributed by atoms with van der Waals surface area (Å²) in [6.07, 6.45) is 23.8. The quantitative estimate of drug-likeness (QED) is 0.241. The van der Waals surface area contributed by atoms with Gasteiger partial charge in [0.25, 0.3) is 0 Å². The predicted molar refractivity (Wildman–Crippen MR) is 114 cm³/mol. The zero-order valence-electron chi connectivity index (χ0n) is 17.6. The fraction of sp³-hybridized carbons (Fsp3) is 0.870. The Morgan fingerprint density at radius 1 is 0.815 bits per heavy atom. The van der Waals surface area contributed by atoms with Crippen LogP contribution in [-0.2, 0) is 4.74 Å². The molecular weight excluding hydrogens is 338 g/mol. The summed E-state index contributed by atoms with van der Waals surface area (Å²) in [5.41, 5.74) is -0.794. The van der Waals surface area contributed by atoms with E-state index in [2.05, 4.69) is 24.1 Å². The van der Waals surface area contributed by atoms with E-state index in [4.69, 9.17) is 4.74 Å². The van der Waals surface area contributed by atoms with Crippen LogP contribution in [-0.4, -0.2) is 41.5 Å². The van der Waals surface area contributed by atoms with Crippen LogP contribution in [0, 0.1) is 0 Å². The van der Waals surface area contributed by atoms with Crippen molar-refractivity contribution >= 4 is 5.90 Å². The number of hydrogen-bond acceptors (Lipinski definition) is 4. The van der Waals surface area contributed by atoms with Gasteiger partial charge in [0, 0.05) is 6.42 Å². The van der Waals surface area contributed by atoms with E-state index < -0.39 is 5.54 Å². The number of aliphatic hydroxyl groups is 2. The Labute approximate surface area is 167 Å². The van der Waals surface area contributed by atoms with Gasteiger partial charge in [-0.25, -0.2) is 4.99 Å². The van der Waals surface area contributed by atoms with Crippen LogP contribution >= 0.6 is 0 Å². The number of unbranched alkanes of at least 4 members (excludes halogenated alkanes) is 12. The molecule has 0 fully saturated rings. The third-order valence-corrected chi connectivity index (χ3v) is 5.36. The van der Waals surface area contributed by atoms with Crippen LogP contribution in [0.1, 0.15) is 103 Å². The number of nitrogens with zero attached hydrogens (tertiary/aromatic N) is 1. The summed E-state index contributed by atoms with van der Waals surface area (Å²) < 4.78 is 5.50. The molecule has 0 aromatic heterocycles. The van der Waals surface area contributed by atoms with Gasteiger partial charge in [0.15, 0.2) is 5.90 Å². The Morgan fingerprint density at radius 3 is 1.85 bits per heavy atom. The largest absolute Gasteiger partial charge is 0.478 e. The highest BCUT2D eigenvalue weighted by Crippen LogP contribution is 2.20. The lowest BCUT2D eigenvalue weighted by Gasteiger charge is -2.16. The first kappa shape index (κ1) is 24.2. The van der Waals surface area contributed by atoms with Gasteiger partial charge in [-0.05, 0) is 32.1 Å². The number of aliphatic hydroxyl groups excluding tert-OH is 2. The summed E-state index contributed by atoms with van der Waals surface area (Å²) in [6.45, 7) is 2.27. The second-order valence-electron chi connectivity index (χ2n) is 8.02. The van der Waals surface area contributed by atoms with Crippen molar-refractivity contribution < 1.29 is 14.9 Å². The number of aliphatic imine (C=N–C) groups is 1. The van der Waals surface area contributed by atoms with Gasteiger partial charge in [-0.1, -0.05) is 76.9 Å².